The van der Waals surface area contributed by atoms with Crippen LogP contribution in [0.1, 0.15) is 37.0 Å². The summed E-state index contributed by atoms with van der Waals surface area (Å²) in [5.41, 5.74) is 0.426. The van der Waals surface area contributed by atoms with Gasteiger partial charge in [0.05, 0.1) is 11.6 Å². The number of nitrogens with one attached hydrogen (secondary N) is 2. The number of carbonyl (C=O) groups excluding carboxylic acids is 2. The van der Waals surface area contributed by atoms with Crippen molar-refractivity contribution in [1.29, 1.82) is 0 Å². The van der Waals surface area contributed by atoms with Crippen LogP contribution in [0.3, 0.4) is 0 Å². The highest BCUT2D eigenvalue weighted by Crippen LogP contribution is 2.26. The van der Waals surface area contributed by atoms with E-state index >= 15 is 0 Å². The molecule has 0 saturated heterocycles. The Hall–Kier alpha value is -2.29. The Bertz CT molecular complexity index is 1030. The summed E-state index contributed by atoms with van der Waals surface area (Å²) in [6.45, 7) is 4.58. The van der Waals surface area contributed by atoms with E-state index in [0.29, 0.717) is 30.2 Å². The van der Waals surface area contributed by atoms with Gasteiger partial charge in [-0.25, -0.2) is 8.42 Å². The first kappa shape index (κ1) is 25.0. The molecular weight excluding hydrogens is 461 g/mol. The maximum Gasteiger partial charge on any atom is 0.263 e. The van der Waals surface area contributed by atoms with Crippen molar-refractivity contribution < 1.29 is 18.0 Å². The zero-order valence-electron chi connectivity index (χ0n) is 17.3. The minimum atomic E-state index is -4.06. The molecule has 0 heterocycles. The molecule has 0 aliphatic rings. The predicted molar refractivity (Wildman–Crippen MR) is 123 cm³/mol. The second-order valence-electron chi connectivity index (χ2n) is 6.83. The quantitative estimate of drug-likeness (QED) is 0.527. The summed E-state index contributed by atoms with van der Waals surface area (Å²) < 4.78 is 28.1. The topological polar surface area (TPSA) is 95.6 Å². The molecule has 2 aromatic rings. The normalized spacial score (nSPS) is 11.1. The second kappa shape index (κ2) is 11.4. The van der Waals surface area contributed by atoms with Gasteiger partial charge in [0.1, 0.15) is 4.90 Å². The van der Waals surface area contributed by atoms with Gasteiger partial charge in [-0.3, -0.25) is 14.3 Å². The molecule has 31 heavy (non-hydrogen) atoms. The van der Waals surface area contributed by atoms with Gasteiger partial charge >= 0.3 is 0 Å². The fraction of sp³-hybridized carbons (Fsp3) is 0.333. The fourth-order valence-corrected chi connectivity index (χ4v) is 4.48. The number of sulfonamides is 1. The van der Waals surface area contributed by atoms with E-state index in [9.17, 15) is 18.0 Å². The van der Waals surface area contributed by atoms with Crippen molar-refractivity contribution in [3.63, 3.8) is 0 Å². The molecule has 0 spiro atoms. The average molecular weight is 486 g/mol. The Morgan fingerprint density at radius 3 is 2.29 bits per heavy atom. The minimum absolute atomic E-state index is 0.0271. The van der Waals surface area contributed by atoms with Crippen LogP contribution in [0.15, 0.2) is 47.4 Å². The SMILES string of the molecule is CCCNC(=O)CN(CCC)C(=O)c1ccc(Cl)c(S(=O)(=O)Nc2ccc(Cl)cc2)c1. The van der Waals surface area contributed by atoms with Crippen molar-refractivity contribution in [1.82, 2.24) is 10.2 Å². The molecular formula is C21H25Cl2N3O4S. The first-order chi connectivity index (χ1) is 14.7. The van der Waals surface area contributed by atoms with Crippen molar-refractivity contribution in [3.8, 4) is 0 Å². The van der Waals surface area contributed by atoms with Gasteiger partial charge in [0.2, 0.25) is 5.91 Å². The third-order valence-electron chi connectivity index (χ3n) is 4.25. The van der Waals surface area contributed by atoms with Crippen molar-refractivity contribution in [2.45, 2.75) is 31.6 Å². The molecule has 2 aromatic carbocycles. The number of halogens is 2. The van der Waals surface area contributed by atoms with Crippen LogP contribution in [0, 0.1) is 0 Å². The van der Waals surface area contributed by atoms with Crippen LogP contribution in [0.5, 0.6) is 0 Å². The van der Waals surface area contributed by atoms with Crippen molar-refractivity contribution in [3.05, 3.63) is 58.1 Å². The fourth-order valence-electron chi connectivity index (χ4n) is 2.77. The third kappa shape index (κ3) is 7.12. The predicted octanol–water partition coefficient (Wildman–Crippen LogP) is 4.17. The highest BCUT2D eigenvalue weighted by atomic mass is 35.5. The van der Waals surface area contributed by atoms with E-state index in [4.69, 9.17) is 23.2 Å². The summed E-state index contributed by atoms with van der Waals surface area (Å²) >= 11 is 12.0. The van der Waals surface area contributed by atoms with Gasteiger partial charge in [-0.15, -0.1) is 0 Å². The molecule has 0 aliphatic carbocycles. The van der Waals surface area contributed by atoms with Gasteiger partial charge in [0.15, 0.2) is 0 Å². The summed E-state index contributed by atoms with van der Waals surface area (Å²) in [5, 5.41) is 3.17. The first-order valence-corrected chi connectivity index (χ1v) is 12.1. The lowest BCUT2D eigenvalue weighted by atomic mass is 10.2. The minimum Gasteiger partial charge on any atom is -0.355 e. The zero-order valence-corrected chi connectivity index (χ0v) is 19.6. The van der Waals surface area contributed by atoms with E-state index in [-0.39, 0.29) is 27.9 Å². The smallest absolute Gasteiger partial charge is 0.263 e. The van der Waals surface area contributed by atoms with Crippen molar-refractivity contribution in [2.75, 3.05) is 24.4 Å². The summed E-state index contributed by atoms with van der Waals surface area (Å²) in [4.78, 5) is 26.2. The van der Waals surface area contributed by atoms with E-state index in [2.05, 4.69) is 10.0 Å². The molecule has 2 rings (SSSR count). The van der Waals surface area contributed by atoms with Gasteiger partial charge in [-0.05, 0) is 55.3 Å². The Morgan fingerprint density at radius 2 is 1.68 bits per heavy atom. The molecule has 0 aliphatic heterocycles. The second-order valence-corrected chi connectivity index (χ2v) is 9.33. The highest BCUT2D eigenvalue weighted by molar-refractivity contribution is 7.92. The van der Waals surface area contributed by atoms with Gasteiger partial charge in [-0.1, -0.05) is 37.0 Å². The monoisotopic (exact) mass is 485 g/mol. The third-order valence-corrected chi connectivity index (χ3v) is 6.37. The van der Waals surface area contributed by atoms with Crippen LogP contribution in [-0.4, -0.2) is 44.8 Å². The van der Waals surface area contributed by atoms with Crippen LogP contribution in [0.4, 0.5) is 5.69 Å². The molecule has 0 aromatic heterocycles. The van der Waals surface area contributed by atoms with Gasteiger partial charge < -0.3 is 10.2 Å². The highest BCUT2D eigenvalue weighted by Gasteiger charge is 2.23. The largest absolute Gasteiger partial charge is 0.355 e. The van der Waals surface area contributed by atoms with Crippen molar-refractivity contribution in [2.24, 2.45) is 0 Å². The molecule has 10 heteroatoms. The summed E-state index contributed by atoms with van der Waals surface area (Å²) in [6.07, 6.45) is 1.43. The first-order valence-electron chi connectivity index (χ1n) is 9.81. The molecule has 0 bridgehead atoms. The number of hydrogen-bond donors (Lipinski definition) is 2. The Balaban J connectivity index is 2.29. The zero-order chi connectivity index (χ0) is 23.0. The Morgan fingerprint density at radius 1 is 1.00 bits per heavy atom. The number of amides is 2. The Labute approximate surface area is 192 Å². The Kier molecular flexibility index (Phi) is 9.15. The number of anilines is 1. The maximum absolute atomic E-state index is 13.0. The standard InChI is InChI=1S/C21H25Cl2N3O4S/c1-3-11-24-20(27)14-26(12-4-2)21(28)15-5-10-18(23)19(13-15)31(29,30)25-17-8-6-16(22)7-9-17/h5-10,13,25H,3-4,11-12,14H2,1-2H3,(H,24,27). The van der Waals surface area contributed by atoms with Crippen LogP contribution >= 0.6 is 23.2 Å². The van der Waals surface area contributed by atoms with Crippen LogP contribution in [0.25, 0.3) is 0 Å². The number of hydrogen-bond acceptors (Lipinski definition) is 4. The molecule has 168 valence electrons. The molecule has 0 unspecified atom stereocenters. The van der Waals surface area contributed by atoms with E-state index in [1.807, 2.05) is 13.8 Å². The van der Waals surface area contributed by atoms with E-state index in [0.717, 1.165) is 6.42 Å². The molecule has 0 radical (unpaired) electrons. The van der Waals surface area contributed by atoms with E-state index in [1.54, 1.807) is 12.1 Å². The molecule has 0 fully saturated rings. The van der Waals surface area contributed by atoms with Crippen molar-refractivity contribution >= 4 is 50.7 Å². The van der Waals surface area contributed by atoms with Gasteiger partial charge in [0, 0.05) is 29.4 Å². The molecule has 0 atom stereocenters. The summed E-state index contributed by atoms with van der Waals surface area (Å²) in [5.74, 6) is -0.719. The number of rotatable bonds is 10. The lowest BCUT2D eigenvalue weighted by Crippen LogP contribution is -2.41. The summed E-state index contributed by atoms with van der Waals surface area (Å²) in [7, 11) is -4.06. The molecule has 0 saturated carbocycles. The van der Waals surface area contributed by atoms with Gasteiger partial charge in [-0.2, -0.15) is 0 Å². The molecule has 2 amide bonds. The van der Waals surface area contributed by atoms with Crippen LogP contribution in [0.2, 0.25) is 10.0 Å². The number of nitrogens with zero attached hydrogens (tertiary/aromatic N) is 1. The van der Waals surface area contributed by atoms with Crippen LogP contribution < -0.4 is 10.0 Å². The number of carbonyl (C=O) groups is 2. The van der Waals surface area contributed by atoms with E-state index in [1.165, 1.54) is 35.2 Å². The average Bonchev–Trinajstić information content (AvgIpc) is 2.73. The van der Waals surface area contributed by atoms with Crippen LogP contribution in [-0.2, 0) is 14.8 Å². The summed E-state index contributed by atoms with van der Waals surface area (Å²) in [6, 6.07) is 10.1. The van der Waals surface area contributed by atoms with Gasteiger partial charge in [0.25, 0.3) is 15.9 Å². The lowest BCUT2D eigenvalue weighted by molar-refractivity contribution is -0.121. The van der Waals surface area contributed by atoms with E-state index < -0.39 is 15.9 Å². The lowest BCUT2D eigenvalue weighted by Gasteiger charge is -2.22. The number of benzene rings is 2. The molecule has 2 N–H and O–H groups in total. The molecule has 7 nitrogen and oxygen atoms in total. The maximum atomic E-state index is 13.0.